The van der Waals surface area contributed by atoms with Crippen molar-refractivity contribution in [2.45, 2.75) is 20.0 Å². The molecular weight excluding hydrogens is 253 g/mol. The van der Waals surface area contributed by atoms with Gasteiger partial charge < -0.3 is 10.2 Å². The lowest BCUT2D eigenvalue weighted by Gasteiger charge is -2.27. The number of halogens is 3. The molecule has 1 heterocycles. The van der Waals surface area contributed by atoms with Gasteiger partial charge in [0.1, 0.15) is 0 Å². The second kappa shape index (κ2) is 5.41. The van der Waals surface area contributed by atoms with Crippen LogP contribution in [0.25, 0.3) is 0 Å². The fraction of sp³-hybridized carbons (Fsp3) is 0.571. The molecule has 2 nitrogen and oxygen atoms in total. The number of rotatable bonds is 1. The second-order valence-electron chi connectivity index (χ2n) is 5.23. The second-order valence-corrected chi connectivity index (χ2v) is 5.23. The van der Waals surface area contributed by atoms with Crippen LogP contribution in [0.5, 0.6) is 0 Å². The monoisotopic (exact) mass is 272 g/mol. The minimum atomic E-state index is -4.14. The van der Waals surface area contributed by atoms with Crippen molar-refractivity contribution in [3.8, 4) is 0 Å². The van der Waals surface area contributed by atoms with E-state index in [4.69, 9.17) is 0 Å². The highest BCUT2D eigenvalue weighted by Crippen LogP contribution is 2.29. The lowest BCUT2D eigenvalue weighted by molar-refractivity contribution is -0.169. The van der Waals surface area contributed by atoms with Crippen LogP contribution >= 0.6 is 0 Å². The van der Waals surface area contributed by atoms with Gasteiger partial charge in [0, 0.05) is 31.9 Å². The smallest absolute Gasteiger partial charge is 0.370 e. The van der Waals surface area contributed by atoms with Crippen LogP contribution in [0.2, 0.25) is 0 Å². The van der Waals surface area contributed by atoms with E-state index >= 15 is 0 Å². The largest absolute Gasteiger partial charge is 0.394 e. The van der Waals surface area contributed by atoms with Crippen LogP contribution in [0.15, 0.2) is 18.2 Å². The summed E-state index contributed by atoms with van der Waals surface area (Å²) in [6.07, 6.45) is -4.14. The number of aryl methyl sites for hydroxylation is 2. The van der Waals surface area contributed by atoms with Gasteiger partial charge in [-0.1, -0.05) is 6.07 Å². The zero-order chi connectivity index (χ0) is 14.0. The zero-order valence-corrected chi connectivity index (χ0v) is 11.2. The molecule has 106 valence electrons. The Bertz CT molecular complexity index is 423. The van der Waals surface area contributed by atoms with Crippen LogP contribution in [0.3, 0.4) is 0 Å². The summed E-state index contributed by atoms with van der Waals surface area (Å²) in [7, 11) is 0. The van der Waals surface area contributed by atoms with Crippen molar-refractivity contribution in [2.24, 2.45) is 5.92 Å². The third-order valence-corrected chi connectivity index (χ3v) is 3.42. The zero-order valence-electron chi connectivity index (χ0n) is 11.2. The van der Waals surface area contributed by atoms with Crippen LogP contribution in [-0.2, 0) is 0 Å². The molecule has 0 saturated carbocycles. The Morgan fingerprint density at radius 2 is 1.79 bits per heavy atom. The number of anilines is 1. The van der Waals surface area contributed by atoms with E-state index in [1.807, 2.05) is 36.9 Å². The molecule has 1 aromatic carbocycles. The number of nitrogens with zero attached hydrogens (tertiary/aromatic N) is 1. The number of benzene rings is 1. The predicted molar refractivity (Wildman–Crippen MR) is 70.5 cm³/mol. The van der Waals surface area contributed by atoms with Gasteiger partial charge in [-0.05, 0) is 37.1 Å². The van der Waals surface area contributed by atoms with Gasteiger partial charge in [-0.3, -0.25) is 0 Å². The highest BCUT2D eigenvalue weighted by molar-refractivity contribution is 5.51. The van der Waals surface area contributed by atoms with E-state index in [2.05, 4.69) is 5.32 Å². The predicted octanol–water partition coefficient (Wildman–Crippen LogP) is 2.89. The first kappa shape index (κ1) is 14.2. The van der Waals surface area contributed by atoms with E-state index in [9.17, 15) is 13.2 Å². The molecule has 0 spiro atoms. The summed E-state index contributed by atoms with van der Waals surface area (Å²) >= 11 is 0. The van der Waals surface area contributed by atoms with E-state index in [-0.39, 0.29) is 13.1 Å². The molecule has 1 N–H and O–H groups in total. The van der Waals surface area contributed by atoms with Crippen LogP contribution in [0, 0.1) is 19.8 Å². The Balaban J connectivity index is 2.22. The van der Waals surface area contributed by atoms with Gasteiger partial charge in [-0.25, -0.2) is 0 Å². The summed E-state index contributed by atoms with van der Waals surface area (Å²) in [5, 5.41) is 2.87. The first-order valence-electron chi connectivity index (χ1n) is 6.47. The molecule has 1 aliphatic rings. The summed E-state index contributed by atoms with van der Waals surface area (Å²) in [5.74, 6) is -1.31. The Labute approximate surface area is 111 Å². The maximum absolute atomic E-state index is 12.9. The molecule has 0 bridgehead atoms. The van der Waals surface area contributed by atoms with Gasteiger partial charge in [0.25, 0.3) is 0 Å². The summed E-state index contributed by atoms with van der Waals surface area (Å²) in [6, 6.07) is 5.93. The lowest BCUT2D eigenvalue weighted by atomic mass is 10.1. The van der Waals surface area contributed by atoms with Gasteiger partial charge in [-0.2, -0.15) is 13.2 Å². The Kier molecular flexibility index (Phi) is 4.04. The van der Waals surface area contributed by atoms with E-state index in [1.54, 1.807) is 0 Å². The van der Waals surface area contributed by atoms with Gasteiger partial charge >= 0.3 is 6.18 Å². The van der Waals surface area contributed by atoms with Crippen LogP contribution < -0.4 is 10.2 Å². The normalized spacial score (nSPS) is 21.3. The van der Waals surface area contributed by atoms with Crippen molar-refractivity contribution in [3.05, 3.63) is 29.3 Å². The van der Waals surface area contributed by atoms with Crippen LogP contribution in [-0.4, -0.2) is 32.4 Å². The minimum Gasteiger partial charge on any atom is -0.370 e. The average molecular weight is 272 g/mol. The van der Waals surface area contributed by atoms with E-state index in [0.29, 0.717) is 13.1 Å². The maximum atomic E-state index is 12.9. The third-order valence-electron chi connectivity index (χ3n) is 3.42. The van der Waals surface area contributed by atoms with Crippen molar-refractivity contribution in [3.63, 3.8) is 0 Å². The molecule has 0 aromatic heterocycles. The molecule has 5 heteroatoms. The molecule has 0 aliphatic carbocycles. The molecule has 1 atom stereocenters. The van der Waals surface area contributed by atoms with Crippen molar-refractivity contribution >= 4 is 5.69 Å². The maximum Gasteiger partial charge on any atom is 0.394 e. The summed E-state index contributed by atoms with van der Waals surface area (Å²) < 4.78 is 38.7. The average Bonchev–Trinajstić information content (AvgIpc) is 2.52. The molecule has 2 rings (SSSR count). The molecule has 1 saturated heterocycles. The molecule has 1 aliphatic heterocycles. The molecule has 1 unspecified atom stereocenters. The topological polar surface area (TPSA) is 15.3 Å². The third kappa shape index (κ3) is 3.62. The van der Waals surface area contributed by atoms with Crippen molar-refractivity contribution in [1.82, 2.24) is 5.32 Å². The summed E-state index contributed by atoms with van der Waals surface area (Å²) in [4.78, 5) is 1.83. The number of hydrogen-bond acceptors (Lipinski definition) is 2. The minimum absolute atomic E-state index is 0.00476. The Morgan fingerprint density at radius 3 is 2.37 bits per heavy atom. The summed E-state index contributed by atoms with van der Waals surface area (Å²) in [6.45, 7) is 5.15. The van der Waals surface area contributed by atoms with E-state index in [0.717, 1.165) is 16.8 Å². The Morgan fingerprint density at radius 1 is 1.16 bits per heavy atom. The SMILES string of the molecule is Cc1cc(C)cc(N2CCNCC(C(F)(F)F)C2)c1. The number of hydrogen-bond donors (Lipinski definition) is 1. The standard InChI is InChI=1S/C14H19F3N2/c1-10-5-11(2)7-13(6-10)19-4-3-18-8-12(9-19)14(15,16)17/h5-7,12,18H,3-4,8-9H2,1-2H3. The van der Waals surface area contributed by atoms with Crippen molar-refractivity contribution in [2.75, 3.05) is 31.1 Å². The molecule has 19 heavy (non-hydrogen) atoms. The van der Waals surface area contributed by atoms with Gasteiger partial charge in [0.05, 0.1) is 5.92 Å². The first-order valence-corrected chi connectivity index (χ1v) is 6.47. The Hall–Kier alpha value is -1.23. The van der Waals surface area contributed by atoms with E-state index in [1.165, 1.54) is 0 Å². The molecule has 1 fully saturated rings. The molecule has 0 radical (unpaired) electrons. The fourth-order valence-electron chi connectivity index (χ4n) is 2.50. The first-order chi connectivity index (χ1) is 8.86. The van der Waals surface area contributed by atoms with Crippen LogP contribution in [0.1, 0.15) is 11.1 Å². The number of alkyl halides is 3. The molecule has 0 amide bonds. The lowest BCUT2D eigenvalue weighted by Crippen LogP contribution is -2.38. The fourth-order valence-corrected chi connectivity index (χ4v) is 2.50. The quantitative estimate of drug-likeness (QED) is 0.845. The van der Waals surface area contributed by atoms with Crippen LogP contribution in [0.4, 0.5) is 18.9 Å². The van der Waals surface area contributed by atoms with Crippen molar-refractivity contribution in [1.29, 1.82) is 0 Å². The van der Waals surface area contributed by atoms with Gasteiger partial charge in [-0.15, -0.1) is 0 Å². The summed E-state index contributed by atoms with van der Waals surface area (Å²) in [5.41, 5.74) is 3.04. The van der Waals surface area contributed by atoms with Crippen molar-refractivity contribution < 1.29 is 13.2 Å². The van der Waals surface area contributed by atoms with Gasteiger partial charge in [0.2, 0.25) is 0 Å². The molecular formula is C14H19F3N2. The highest BCUT2D eigenvalue weighted by Gasteiger charge is 2.41. The molecule has 1 aromatic rings. The van der Waals surface area contributed by atoms with E-state index < -0.39 is 12.1 Å². The highest BCUT2D eigenvalue weighted by atomic mass is 19.4. The number of nitrogens with one attached hydrogen (secondary N) is 1. The van der Waals surface area contributed by atoms with Gasteiger partial charge in [0.15, 0.2) is 0 Å².